The van der Waals surface area contributed by atoms with Crippen LogP contribution in [0, 0.1) is 11.8 Å². The van der Waals surface area contributed by atoms with Crippen LogP contribution >= 0.6 is 0 Å². The Labute approximate surface area is 209 Å². The Kier molecular flexibility index (Phi) is 6.79. The molecule has 3 aliphatic heterocycles. The molecule has 6 heteroatoms. The minimum absolute atomic E-state index is 0.0432. The number of rotatable bonds is 5. The van der Waals surface area contributed by atoms with E-state index < -0.39 is 0 Å². The number of hydrogen-bond donors (Lipinski definition) is 0. The Morgan fingerprint density at radius 3 is 2.40 bits per heavy atom. The van der Waals surface area contributed by atoms with Crippen LogP contribution in [-0.2, 0) is 24.5 Å². The molecule has 1 amide bonds. The third-order valence-corrected chi connectivity index (χ3v) is 8.27. The minimum atomic E-state index is -0.359. The van der Waals surface area contributed by atoms with Crippen LogP contribution in [0.2, 0.25) is 0 Å². The van der Waals surface area contributed by atoms with Crippen molar-refractivity contribution in [3.05, 3.63) is 46.7 Å². The highest BCUT2D eigenvalue weighted by Crippen LogP contribution is 2.47. The summed E-state index contributed by atoms with van der Waals surface area (Å²) in [6, 6.07) is 8.13. The topological polar surface area (TPSA) is 59.1 Å². The quantitative estimate of drug-likeness (QED) is 0.631. The molecule has 1 aliphatic carbocycles. The van der Waals surface area contributed by atoms with Crippen LogP contribution in [0.3, 0.4) is 0 Å². The van der Waals surface area contributed by atoms with Crippen molar-refractivity contribution in [2.24, 2.45) is 11.8 Å². The SMILES string of the molecule is CC1CCC2OC3=C(C(=O)C2C1)C(c1ccc(C(C)(C)C)cc1)N(CCCN1CCOCC1)C3=O. The van der Waals surface area contributed by atoms with Crippen LogP contribution in [0.15, 0.2) is 35.6 Å². The first-order valence-corrected chi connectivity index (χ1v) is 13.4. The average molecular weight is 481 g/mol. The minimum Gasteiger partial charge on any atom is -0.483 e. The maximum Gasteiger partial charge on any atom is 0.290 e. The van der Waals surface area contributed by atoms with E-state index in [0.29, 0.717) is 23.8 Å². The van der Waals surface area contributed by atoms with E-state index in [1.54, 1.807) is 0 Å². The molecule has 1 aromatic rings. The number of ketones is 1. The van der Waals surface area contributed by atoms with Gasteiger partial charge < -0.3 is 14.4 Å². The van der Waals surface area contributed by atoms with E-state index in [2.05, 4.69) is 56.9 Å². The molecule has 1 saturated heterocycles. The third-order valence-electron chi connectivity index (χ3n) is 8.27. The fourth-order valence-corrected chi connectivity index (χ4v) is 6.16. The van der Waals surface area contributed by atoms with Gasteiger partial charge in [0.15, 0.2) is 11.5 Å². The first-order valence-electron chi connectivity index (χ1n) is 13.4. The van der Waals surface area contributed by atoms with Gasteiger partial charge in [0, 0.05) is 26.2 Å². The van der Waals surface area contributed by atoms with Crippen LogP contribution in [0.5, 0.6) is 0 Å². The smallest absolute Gasteiger partial charge is 0.290 e. The van der Waals surface area contributed by atoms with Crippen molar-refractivity contribution in [2.45, 2.75) is 70.9 Å². The van der Waals surface area contributed by atoms with E-state index in [1.807, 2.05) is 4.90 Å². The zero-order valence-electron chi connectivity index (χ0n) is 21.7. The Morgan fingerprint density at radius 2 is 1.71 bits per heavy atom. The average Bonchev–Trinajstić information content (AvgIpc) is 3.12. The summed E-state index contributed by atoms with van der Waals surface area (Å²) >= 11 is 0. The molecule has 0 spiro atoms. The summed E-state index contributed by atoms with van der Waals surface area (Å²) in [5.74, 6) is 0.725. The number of fused-ring (bicyclic) bond motifs is 1. The van der Waals surface area contributed by atoms with Gasteiger partial charge in [0.25, 0.3) is 5.91 Å². The predicted octanol–water partition coefficient (Wildman–Crippen LogP) is 4.25. The molecule has 4 atom stereocenters. The standard InChI is InChI=1S/C29H40N2O4/c1-19-6-11-23-22(18-19)26(32)24-25(20-7-9-21(10-8-20)29(2,3)4)31(28(33)27(24)35-23)13-5-12-30-14-16-34-17-15-30/h7-10,19,22-23,25H,5-6,11-18H2,1-4H3. The van der Waals surface area contributed by atoms with Crippen LogP contribution < -0.4 is 0 Å². The van der Waals surface area contributed by atoms with Gasteiger partial charge in [0.2, 0.25) is 0 Å². The molecular weight excluding hydrogens is 440 g/mol. The number of benzene rings is 1. The highest BCUT2D eigenvalue weighted by atomic mass is 16.5. The normalized spacial score (nSPS) is 29.8. The molecule has 190 valence electrons. The molecule has 5 rings (SSSR count). The Hall–Kier alpha value is -2.18. The monoisotopic (exact) mass is 480 g/mol. The molecule has 0 aromatic heterocycles. The third kappa shape index (κ3) is 4.79. The highest BCUT2D eigenvalue weighted by Gasteiger charge is 2.52. The Balaban J connectivity index is 1.43. The van der Waals surface area contributed by atoms with Gasteiger partial charge in [0.05, 0.1) is 30.7 Å². The van der Waals surface area contributed by atoms with E-state index in [1.165, 1.54) is 5.56 Å². The van der Waals surface area contributed by atoms with Gasteiger partial charge >= 0.3 is 0 Å². The van der Waals surface area contributed by atoms with Crippen molar-refractivity contribution in [1.29, 1.82) is 0 Å². The number of hydrogen-bond acceptors (Lipinski definition) is 5. The van der Waals surface area contributed by atoms with E-state index in [-0.39, 0.29) is 35.2 Å². The van der Waals surface area contributed by atoms with Gasteiger partial charge in [0.1, 0.15) is 6.10 Å². The van der Waals surface area contributed by atoms with Gasteiger partial charge in [-0.1, -0.05) is 52.0 Å². The summed E-state index contributed by atoms with van der Waals surface area (Å²) in [5.41, 5.74) is 2.88. The van der Waals surface area contributed by atoms with E-state index in [9.17, 15) is 9.59 Å². The van der Waals surface area contributed by atoms with Crippen molar-refractivity contribution < 1.29 is 19.1 Å². The molecule has 3 heterocycles. The molecule has 1 aromatic carbocycles. The summed E-state index contributed by atoms with van der Waals surface area (Å²) in [6.07, 6.45) is 3.46. The first kappa shape index (κ1) is 24.5. The van der Waals surface area contributed by atoms with Crippen molar-refractivity contribution >= 4 is 11.7 Å². The summed E-state index contributed by atoms with van der Waals surface area (Å²) in [5, 5.41) is 0. The first-order chi connectivity index (χ1) is 16.7. The second kappa shape index (κ2) is 9.70. The van der Waals surface area contributed by atoms with E-state index in [0.717, 1.165) is 64.1 Å². The maximum absolute atomic E-state index is 13.9. The van der Waals surface area contributed by atoms with Gasteiger partial charge in [-0.25, -0.2) is 0 Å². The molecule has 4 unspecified atom stereocenters. The maximum atomic E-state index is 13.9. The Morgan fingerprint density at radius 1 is 1.00 bits per heavy atom. The molecule has 4 aliphatic rings. The van der Waals surface area contributed by atoms with Crippen molar-refractivity contribution in [3.8, 4) is 0 Å². The lowest BCUT2D eigenvalue weighted by atomic mass is 9.74. The van der Waals surface area contributed by atoms with Gasteiger partial charge in [-0.2, -0.15) is 0 Å². The van der Waals surface area contributed by atoms with Crippen molar-refractivity contribution in [3.63, 3.8) is 0 Å². The molecule has 0 N–H and O–H groups in total. The van der Waals surface area contributed by atoms with Crippen LogP contribution in [0.1, 0.15) is 70.5 Å². The van der Waals surface area contributed by atoms with Crippen LogP contribution in [-0.4, -0.2) is 67.0 Å². The summed E-state index contributed by atoms with van der Waals surface area (Å²) < 4.78 is 11.8. The van der Waals surface area contributed by atoms with Crippen molar-refractivity contribution in [1.82, 2.24) is 9.80 Å². The lowest BCUT2D eigenvalue weighted by Crippen LogP contribution is -2.41. The zero-order valence-corrected chi connectivity index (χ0v) is 21.7. The van der Waals surface area contributed by atoms with Gasteiger partial charge in [-0.3, -0.25) is 14.5 Å². The molecule has 1 saturated carbocycles. The molecular formula is C29H40N2O4. The molecule has 0 radical (unpaired) electrons. The van der Waals surface area contributed by atoms with E-state index in [4.69, 9.17) is 9.47 Å². The highest BCUT2D eigenvalue weighted by molar-refractivity contribution is 6.11. The summed E-state index contributed by atoms with van der Waals surface area (Å²) in [4.78, 5) is 31.8. The number of carbonyl (C=O) groups is 2. The second-order valence-electron chi connectivity index (χ2n) is 11.9. The summed E-state index contributed by atoms with van der Waals surface area (Å²) in [6.45, 7) is 13.7. The molecule has 35 heavy (non-hydrogen) atoms. The molecule has 2 fully saturated rings. The number of nitrogens with zero attached hydrogens (tertiary/aromatic N) is 2. The largest absolute Gasteiger partial charge is 0.483 e. The van der Waals surface area contributed by atoms with Crippen LogP contribution in [0.4, 0.5) is 0 Å². The number of amides is 1. The Bertz CT molecular complexity index is 987. The molecule has 6 nitrogen and oxygen atoms in total. The van der Waals surface area contributed by atoms with Gasteiger partial charge in [-0.15, -0.1) is 0 Å². The number of morpholine rings is 1. The lowest BCUT2D eigenvalue weighted by molar-refractivity contribution is -0.136. The number of carbonyl (C=O) groups excluding carboxylic acids is 2. The van der Waals surface area contributed by atoms with Crippen LogP contribution in [0.25, 0.3) is 0 Å². The second-order valence-corrected chi connectivity index (χ2v) is 11.9. The zero-order chi connectivity index (χ0) is 24.7. The predicted molar refractivity (Wildman–Crippen MR) is 135 cm³/mol. The van der Waals surface area contributed by atoms with E-state index >= 15 is 0 Å². The molecule has 0 bridgehead atoms. The fraction of sp³-hybridized carbons (Fsp3) is 0.655. The summed E-state index contributed by atoms with van der Waals surface area (Å²) in [7, 11) is 0. The number of ether oxygens (including phenoxy) is 2. The van der Waals surface area contributed by atoms with Crippen molar-refractivity contribution in [2.75, 3.05) is 39.4 Å². The number of Topliss-reactive ketones (excluding diaryl/α,β-unsaturated/α-hetero) is 1. The lowest BCUT2D eigenvalue weighted by Gasteiger charge is -2.37. The van der Waals surface area contributed by atoms with Gasteiger partial charge in [-0.05, 0) is 48.1 Å². The fourth-order valence-electron chi connectivity index (χ4n) is 6.16.